The second-order valence-electron chi connectivity index (χ2n) is 3.40. The molecule has 1 aromatic heterocycles. The molecular formula is C11H17NOS. The van der Waals surface area contributed by atoms with Crippen molar-refractivity contribution in [2.75, 3.05) is 13.1 Å². The number of nitrogens with zero attached hydrogens (tertiary/aromatic N) is 1. The van der Waals surface area contributed by atoms with E-state index >= 15 is 0 Å². The molecule has 0 aliphatic heterocycles. The Bertz CT molecular complexity index is 269. The van der Waals surface area contributed by atoms with Gasteiger partial charge in [0, 0.05) is 24.4 Å². The van der Waals surface area contributed by atoms with Crippen molar-refractivity contribution in [1.29, 1.82) is 0 Å². The van der Waals surface area contributed by atoms with Crippen molar-refractivity contribution in [2.24, 2.45) is 0 Å². The number of ketones is 1. The summed E-state index contributed by atoms with van der Waals surface area (Å²) in [7, 11) is 0. The highest BCUT2D eigenvalue weighted by Crippen LogP contribution is 2.11. The quantitative estimate of drug-likeness (QED) is 0.720. The summed E-state index contributed by atoms with van der Waals surface area (Å²) < 4.78 is 0. The maximum atomic E-state index is 10.8. The minimum absolute atomic E-state index is 0.273. The Morgan fingerprint density at radius 3 is 2.86 bits per heavy atom. The average Bonchev–Trinajstić information content (AvgIpc) is 2.64. The fourth-order valence-corrected chi connectivity index (χ4v) is 2.03. The second-order valence-corrected chi connectivity index (χ2v) is 4.43. The molecule has 0 aliphatic carbocycles. The molecule has 0 atom stereocenters. The van der Waals surface area contributed by atoms with Crippen molar-refractivity contribution in [2.45, 2.75) is 26.8 Å². The van der Waals surface area contributed by atoms with Crippen LogP contribution < -0.4 is 0 Å². The highest BCUT2D eigenvalue weighted by atomic mass is 32.1. The molecule has 0 saturated heterocycles. The van der Waals surface area contributed by atoms with Gasteiger partial charge in [0.15, 0.2) is 0 Å². The van der Waals surface area contributed by atoms with Crippen LogP contribution in [0.3, 0.4) is 0 Å². The molecular weight excluding hydrogens is 194 g/mol. The summed E-state index contributed by atoms with van der Waals surface area (Å²) >= 11 is 1.77. The molecule has 0 bridgehead atoms. The Morgan fingerprint density at radius 1 is 1.57 bits per heavy atom. The molecule has 1 rings (SSSR count). The van der Waals surface area contributed by atoms with Crippen molar-refractivity contribution < 1.29 is 4.79 Å². The van der Waals surface area contributed by atoms with Crippen LogP contribution in [0.1, 0.15) is 25.1 Å². The van der Waals surface area contributed by atoms with Crippen molar-refractivity contribution in [3.63, 3.8) is 0 Å². The van der Waals surface area contributed by atoms with Crippen LogP contribution in [0.15, 0.2) is 17.5 Å². The van der Waals surface area contributed by atoms with Crippen LogP contribution in [0.5, 0.6) is 0 Å². The summed E-state index contributed by atoms with van der Waals surface area (Å²) in [6.07, 6.45) is 0.666. The molecule has 0 fully saturated rings. The van der Waals surface area contributed by atoms with Gasteiger partial charge in [-0.1, -0.05) is 13.0 Å². The fourth-order valence-electron chi connectivity index (χ4n) is 1.29. The van der Waals surface area contributed by atoms with E-state index in [4.69, 9.17) is 0 Å². The Hall–Kier alpha value is -0.670. The van der Waals surface area contributed by atoms with E-state index in [1.54, 1.807) is 18.3 Å². The summed E-state index contributed by atoms with van der Waals surface area (Å²) in [5.41, 5.74) is 0. The van der Waals surface area contributed by atoms with Crippen LogP contribution in [0.25, 0.3) is 0 Å². The fraction of sp³-hybridized carbons (Fsp3) is 0.545. The van der Waals surface area contributed by atoms with Crippen LogP contribution in [0, 0.1) is 0 Å². The predicted octanol–water partition coefficient (Wildman–Crippen LogP) is 2.55. The SMILES string of the molecule is CCN(CCC(C)=O)Cc1cccs1. The smallest absolute Gasteiger partial charge is 0.131 e. The minimum atomic E-state index is 0.273. The zero-order valence-electron chi connectivity index (χ0n) is 8.82. The zero-order valence-corrected chi connectivity index (χ0v) is 9.64. The van der Waals surface area contributed by atoms with Crippen LogP contribution >= 0.6 is 11.3 Å². The van der Waals surface area contributed by atoms with Crippen LogP contribution in [-0.4, -0.2) is 23.8 Å². The van der Waals surface area contributed by atoms with Gasteiger partial charge in [-0.15, -0.1) is 11.3 Å². The third kappa shape index (κ3) is 4.03. The van der Waals surface area contributed by atoms with Crippen LogP contribution in [-0.2, 0) is 11.3 Å². The van der Waals surface area contributed by atoms with E-state index in [0.29, 0.717) is 6.42 Å². The maximum absolute atomic E-state index is 10.8. The predicted molar refractivity (Wildman–Crippen MR) is 60.6 cm³/mol. The molecule has 0 amide bonds. The molecule has 0 radical (unpaired) electrons. The van der Waals surface area contributed by atoms with Gasteiger partial charge < -0.3 is 0 Å². The first kappa shape index (κ1) is 11.4. The van der Waals surface area contributed by atoms with Crippen molar-refractivity contribution in [3.8, 4) is 0 Å². The van der Waals surface area contributed by atoms with E-state index in [2.05, 4.69) is 29.3 Å². The van der Waals surface area contributed by atoms with Gasteiger partial charge in [-0.3, -0.25) is 9.69 Å². The van der Waals surface area contributed by atoms with E-state index in [0.717, 1.165) is 19.6 Å². The summed E-state index contributed by atoms with van der Waals surface area (Å²) in [4.78, 5) is 14.5. The van der Waals surface area contributed by atoms with E-state index in [-0.39, 0.29) is 5.78 Å². The molecule has 3 heteroatoms. The maximum Gasteiger partial charge on any atom is 0.131 e. The van der Waals surface area contributed by atoms with Crippen molar-refractivity contribution >= 4 is 17.1 Å². The molecule has 0 aliphatic rings. The summed E-state index contributed by atoms with van der Waals surface area (Å²) in [5.74, 6) is 0.273. The Kier molecular flexibility index (Phi) is 4.84. The lowest BCUT2D eigenvalue weighted by Crippen LogP contribution is -2.24. The normalized spacial score (nSPS) is 10.8. The molecule has 14 heavy (non-hydrogen) atoms. The lowest BCUT2D eigenvalue weighted by Gasteiger charge is -2.18. The lowest BCUT2D eigenvalue weighted by molar-refractivity contribution is -0.117. The first-order chi connectivity index (χ1) is 6.72. The standard InChI is InChI=1S/C11H17NOS/c1-3-12(7-6-10(2)13)9-11-5-4-8-14-11/h4-5,8H,3,6-7,9H2,1-2H3. The summed E-state index contributed by atoms with van der Waals surface area (Å²) in [5, 5.41) is 2.09. The summed E-state index contributed by atoms with van der Waals surface area (Å²) in [6.45, 7) is 6.64. The first-order valence-electron chi connectivity index (χ1n) is 4.96. The summed E-state index contributed by atoms with van der Waals surface area (Å²) in [6, 6.07) is 4.21. The number of carbonyl (C=O) groups excluding carboxylic acids is 1. The molecule has 0 saturated carbocycles. The van der Waals surface area contributed by atoms with Gasteiger partial charge in [-0.05, 0) is 24.9 Å². The number of rotatable bonds is 6. The highest BCUT2D eigenvalue weighted by molar-refractivity contribution is 7.09. The molecule has 0 N–H and O–H groups in total. The zero-order chi connectivity index (χ0) is 10.4. The van der Waals surface area contributed by atoms with E-state index in [9.17, 15) is 4.79 Å². The van der Waals surface area contributed by atoms with E-state index in [1.165, 1.54) is 4.88 Å². The Labute approximate surface area is 89.5 Å². The largest absolute Gasteiger partial charge is 0.300 e. The number of Topliss-reactive ketones (excluding diaryl/α,β-unsaturated/α-hetero) is 1. The van der Waals surface area contributed by atoms with Crippen LogP contribution in [0.4, 0.5) is 0 Å². The molecule has 1 heterocycles. The second kappa shape index (κ2) is 5.94. The molecule has 0 aromatic carbocycles. The third-order valence-electron chi connectivity index (χ3n) is 2.19. The van der Waals surface area contributed by atoms with Gasteiger partial charge in [0.1, 0.15) is 5.78 Å². The lowest BCUT2D eigenvalue weighted by atomic mass is 10.3. The van der Waals surface area contributed by atoms with Gasteiger partial charge in [-0.25, -0.2) is 0 Å². The van der Waals surface area contributed by atoms with E-state index < -0.39 is 0 Å². The Balaban J connectivity index is 2.35. The first-order valence-corrected chi connectivity index (χ1v) is 5.84. The molecule has 1 aromatic rings. The van der Waals surface area contributed by atoms with Crippen LogP contribution in [0.2, 0.25) is 0 Å². The van der Waals surface area contributed by atoms with Gasteiger partial charge in [0.05, 0.1) is 0 Å². The number of thiophene rings is 1. The average molecular weight is 211 g/mol. The van der Waals surface area contributed by atoms with Gasteiger partial charge in [0.2, 0.25) is 0 Å². The number of hydrogen-bond acceptors (Lipinski definition) is 3. The minimum Gasteiger partial charge on any atom is -0.300 e. The number of carbonyl (C=O) groups is 1. The molecule has 0 spiro atoms. The third-order valence-corrected chi connectivity index (χ3v) is 3.05. The monoisotopic (exact) mass is 211 g/mol. The molecule has 78 valence electrons. The molecule has 2 nitrogen and oxygen atoms in total. The Morgan fingerprint density at radius 2 is 2.36 bits per heavy atom. The van der Waals surface area contributed by atoms with Gasteiger partial charge >= 0.3 is 0 Å². The van der Waals surface area contributed by atoms with Gasteiger partial charge in [-0.2, -0.15) is 0 Å². The van der Waals surface area contributed by atoms with Crippen molar-refractivity contribution in [3.05, 3.63) is 22.4 Å². The number of hydrogen-bond donors (Lipinski definition) is 0. The molecule has 0 unspecified atom stereocenters. The van der Waals surface area contributed by atoms with E-state index in [1.807, 2.05) is 0 Å². The van der Waals surface area contributed by atoms with Gasteiger partial charge in [0.25, 0.3) is 0 Å². The topological polar surface area (TPSA) is 20.3 Å². The van der Waals surface area contributed by atoms with Crippen molar-refractivity contribution in [1.82, 2.24) is 4.90 Å². The highest BCUT2D eigenvalue weighted by Gasteiger charge is 2.05.